The minimum Gasteiger partial charge on any atom is -0.492 e. The van der Waals surface area contributed by atoms with Crippen LogP contribution in [0.5, 0.6) is 5.75 Å². The fraction of sp³-hybridized carbons (Fsp3) is 0.591. The van der Waals surface area contributed by atoms with Crippen LogP contribution in [0.3, 0.4) is 0 Å². The van der Waals surface area contributed by atoms with Crippen LogP contribution < -0.4 is 4.74 Å². The summed E-state index contributed by atoms with van der Waals surface area (Å²) in [6.45, 7) is 4.59. The third-order valence-corrected chi connectivity index (χ3v) is 5.44. The summed E-state index contributed by atoms with van der Waals surface area (Å²) in [7, 11) is 2.05. The maximum atomic E-state index is 12.1. The molecule has 26 heavy (non-hydrogen) atoms. The van der Waals surface area contributed by atoms with Crippen LogP contribution in [-0.4, -0.2) is 37.4 Å². The number of hydrogen-bond donors (Lipinski definition) is 0. The topological polar surface area (TPSA) is 29.5 Å². The van der Waals surface area contributed by atoms with Crippen molar-refractivity contribution < 1.29 is 9.53 Å². The molecule has 1 heterocycles. The fourth-order valence-electron chi connectivity index (χ4n) is 3.20. The monoisotopic (exact) mass is 421 g/mol. The Kier molecular flexibility index (Phi) is 9.41. The summed E-state index contributed by atoms with van der Waals surface area (Å²) in [4.78, 5) is 14.2. The van der Waals surface area contributed by atoms with Crippen LogP contribution in [0.15, 0.2) is 28.2 Å². The van der Waals surface area contributed by atoms with Gasteiger partial charge in [-0.1, -0.05) is 51.5 Å². The van der Waals surface area contributed by atoms with E-state index in [1.165, 1.54) is 38.5 Å². The van der Waals surface area contributed by atoms with E-state index in [9.17, 15) is 4.79 Å². The summed E-state index contributed by atoms with van der Waals surface area (Å²) in [5, 5.41) is 0. The number of hydrogen-bond acceptors (Lipinski definition) is 3. The lowest BCUT2D eigenvalue weighted by atomic mass is 10.0. The van der Waals surface area contributed by atoms with Gasteiger partial charge in [0.15, 0.2) is 5.78 Å². The number of carbonyl (C=O) groups is 1. The van der Waals surface area contributed by atoms with Gasteiger partial charge in [0.1, 0.15) is 5.75 Å². The Morgan fingerprint density at radius 1 is 1.15 bits per heavy atom. The Labute approximate surface area is 166 Å². The molecule has 1 saturated heterocycles. The van der Waals surface area contributed by atoms with E-state index in [1.807, 2.05) is 24.3 Å². The van der Waals surface area contributed by atoms with Crippen LogP contribution in [0, 0.1) is 0 Å². The van der Waals surface area contributed by atoms with Crippen molar-refractivity contribution >= 4 is 27.8 Å². The number of piperidine rings is 1. The van der Waals surface area contributed by atoms with Gasteiger partial charge in [-0.25, -0.2) is 0 Å². The van der Waals surface area contributed by atoms with Crippen molar-refractivity contribution in [2.45, 2.75) is 58.3 Å². The number of rotatable bonds is 10. The lowest BCUT2D eigenvalue weighted by molar-refractivity contribution is -0.117. The van der Waals surface area contributed by atoms with Crippen molar-refractivity contribution in [1.29, 1.82) is 0 Å². The molecule has 2 rings (SSSR count). The maximum absolute atomic E-state index is 12.1. The van der Waals surface area contributed by atoms with Crippen molar-refractivity contribution in [3.05, 3.63) is 33.8 Å². The van der Waals surface area contributed by atoms with Crippen molar-refractivity contribution in [1.82, 2.24) is 4.90 Å². The zero-order valence-electron chi connectivity index (χ0n) is 16.2. The number of ketones is 1. The van der Waals surface area contributed by atoms with Gasteiger partial charge in [-0.2, -0.15) is 0 Å². The zero-order valence-corrected chi connectivity index (χ0v) is 17.8. The molecular weight excluding hydrogens is 390 g/mol. The molecule has 1 aromatic rings. The first kappa shape index (κ1) is 21.2. The summed E-state index contributed by atoms with van der Waals surface area (Å²) in [5.74, 6) is 1.14. The van der Waals surface area contributed by atoms with Crippen LogP contribution in [0.2, 0.25) is 0 Å². The van der Waals surface area contributed by atoms with E-state index in [4.69, 9.17) is 4.74 Å². The van der Waals surface area contributed by atoms with Gasteiger partial charge in [0, 0.05) is 25.1 Å². The predicted octanol–water partition coefficient (Wildman–Crippen LogP) is 5.87. The van der Waals surface area contributed by atoms with Crippen LogP contribution in [0.25, 0.3) is 6.08 Å². The number of unbranched alkanes of at least 4 members (excludes halogenated alkanes) is 6. The van der Waals surface area contributed by atoms with Gasteiger partial charge in [-0.05, 0) is 53.2 Å². The summed E-state index contributed by atoms with van der Waals surface area (Å²) in [6, 6.07) is 6.06. The van der Waals surface area contributed by atoms with Crippen molar-refractivity contribution in [3.63, 3.8) is 0 Å². The van der Waals surface area contributed by atoms with Crippen LogP contribution in [0.4, 0.5) is 0 Å². The quantitative estimate of drug-likeness (QED) is 0.349. The lowest BCUT2D eigenvalue weighted by Crippen LogP contribution is -2.32. The number of carbonyl (C=O) groups excluding carboxylic acids is 1. The fourth-order valence-corrected chi connectivity index (χ4v) is 3.71. The van der Waals surface area contributed by atoms with Gasteiger partial charge in [0.25, 0.3) is 0 Å². The van der Waals surface area contributed by atoms with Gasteiger partial charge < -0.3 is 9.64 Å². The Morgan fingerprint density at radius 2 is 1.88 bits per heavy atom. The zero-order chi connectivity index (χ0) is 18.8. The molecule has 3 nitrogen and oxygen atoms in total. The second kappa shape index (κ2) is 11.6. The Bertz CT molecular complexity index is 612. The molecule has 4 heteroatoms. The van der Waals surface area contributed by atoms with E-state index >= 15 is 0 Å². The second-order valence-electron chi connectivity index (χ2n) is 7.24. The average Bonchev–Trinajstić information content (AvgIpc) is 2.62. The first-order valence-corrected chi connectivity index (χ1v) is 10.7. The van der Waals surface area contributed by atoms with Gasteiger partial charge in [0.2, 0.25) is 0 Å². The average molecular weight is 422 g/mol. The molecule has 0 atom stereocenters. The molecule has 1 aliphatic heterocycles. The van der Waals surface area contributed by atoms with Crippen molar-refractivity contribution in [3.8, 4) is 5.75 Å². The molecule has 0 bridgehead atoms. The van der Waals surface area contributed by atoms with E-state index < -0.39 is 0 Å². The summed E-state index contributed by atoms with van der Waals surface area (Å²) < 4.78 is 6.86. The van der Waals surface area contributed by atoms with E-state index in [0.29, 0.717) is 6.42 Å². The number of Topliss-reactive ketones (excluding diaryl/α,β-unsaturated/α-hetero) is 1. The SMILES string of the molecule is CCCCCCCCCOc1ccc(/C=C2\CN(C)CCC2=O)cc1Br. The van der Waals surface area contributed by atoms with Crippen LogP contribution in [0.1, 0.15) is 63.9 Å². The lowest BCUT2D eigenvalue weighted by Gasteiger charge is -2.23. The molecule has 1 fully saturated rings. The Morgan fingerprint density at radius 3 is 2.62 bits per heavy atom. The molecule has 0 spiro atoms. The molecule has 0 radical (unpaired) electrons. The molecule has 0 aromatic heterocycles. The molecule has 0 saturated carbocycles. The number of halogens is 1. The smallest absolute Gasteiger partial charge is 0.161 e. The molecule has 1 aromatic carbocycles. The van der Waals surface area contributed by atoms with Gasteiger partial charge in [-0.15, -0.1) is 0 Å². The predicted molar refractivity (Wildman–Crippen MR) is 113 cm³/mol. The van der Waals surface area contributed by atoms with Crippen LogP contribution in [-0.2, 0) is 4.79 Å². The number of likely N-dealkylation sites (tertiary alicyclic amines) is 1. The molecular formula is C22H32BrNO2. The van der Waals surface area contributed by atoms with E-state index in [1.54, 1.807) is 0 Å². The number of ether oxygens (including phenoxy) is 1. The largest absolute Gasteiger partial charge is 0.492 e. The Hall–Kier alpha value is -1.13. The van der Waals surface area contributed by atoms with Gasteiger partial charge in [0.05, 0.1) is 11.1 Å². The number of likely N-dealkylation sites (N-methyl/N-ethyl adjacent to an activating group) is 1. The summed E-state index contributed by atoms with van der Waals surface area (Å²) in [6.07, 6.45) is 11.6. The second-order valence-corrected chi connectivity index (χ2v) is 8.09. The molecule has 0 unspecified atom stereocenters. The van der Waals surface area contributed by atoms with Gasteiger partial charge >= 0.3 is 0 Å². The van der Waals surface area contributed by atoms with E-state index in [0.717, 1.165) is 47.5 Å². The molecule has 1 aliphatic rings. The van der Waals surface area contributed by atoms with Crippen LogP contribution >= 0.6 is 15.9 Å². The highest BCUT2D eigenvalue weighted by molar-refractivity contribution is 9.10. The molecule has 144 valence electrons. The third-order valence-electron chi connectivity index (χ3n) is 4.82. The Balaban J connectivity index is 1.79. The minimum atomic E-state index is 0.262. The maximum Gasteiger partial charge on any atom is 0.161 e. The highest BCUT2D eigenvalue weighted by Crippen LogP contribution is 2.28. The normalized spacial score (nSPS) is 17.0. The number of benzene rings is 1. The number of nitrogens with zero attached hydrogens (tertiary/aromatic N) is 1. The van der Waals surface area contributed by atoms with E-state index in [2.05, 4.69) is 34.8 Å². The third kappa shape index (κ3) is 7.24. The first-order valence-electron chi connectivity index (χ1n) is 9.95. The minimum absolute atomic E-state index is 0.262. The first-order chi connectivity index (χ1) is 12.6. The molecule has 0 N–H and O–H groups in total. The van der Waals surface area contributed by atoms with Crippen molar-refractivity contribution in [2.75, 3.05) is 26.7 Å². The standard InChI is InChI=1S/C22H32BrNO2/c1-3-4-5-6-7-8-9-14-26-22-11-10-18(16-20(22)23)15-19-17-24(2)13-12-21(19)25/h10-11,15-16H,3-9,12-14,17H2,1-2H3/b19-15+. The van der Waals surface area contributed by atoms with Gasteiger partial charge in [-0.3, -0.25) is 4.79 Å². The highest BCUT2D eigenvalue weighted by Gasteiger charge is 2.18. The molecule has 0 amide bonds. The van der Waals surface area contributed by atoms with Crippen molar-refractivity contribution in [2.24, 2.45) is 0 Å². The summed E-state index contributed by atoms with van der Waals surface area (Å²) >= 11 is 3.60. The van der Waals surface area contributed by atoms with E-state index in [-0.39, 0.29) is 5.78 Å². The molecule has 0 aliphatic carbocycles. The summed E-state index contributed by atoms with van der Waals surface area (Å²) in [5.41, 5.74) is 1.93. The highest BCUT2D eigenvalue weighted by atomic mass is 79.9.